The first kappa shape index (κ1) is 23.9. The molecule has 1 saturated heterocycles. The van der Waals surface area contributed by atoms with E-state index < -0.39 is 29.8 Å². The molecule has 0 radical (unpaired) electrons. The van der Waals surface area contributed by atoms with Crippen molar-refractivity contribution in [3.63, 3.8) is 0 Å². The summed E-state index contributed by atoms with van der Waals surface area (Å²) in [5.41, 5.74) is 1.97. The van der Waals surface area contributed by atoms with Crippen molar-refractivity contribution in [3.8, 4) is 0 Å². The van der Waals surface area contributed by atoms with E-state index in [2.05, 4.69) is 10.3 Å². The Bertz CT molecular complexity index is 1270. The third-order valence-electron chi connectivity index (χ3n) is 6.82. The van der Waals surface area contributed by atoms with Gasteiger partial charge >= 0.3 is 11.9 Å². The number of carbonyl (C=O) groups is 2. The minimum absolute atomic E-state index is 0.0344. The number of aromatic nitrogens is 1. The number of ether oxygens (including phenoxy) is 1. The van der Waals surface area contributed by atoms with Crippen LogP contribution in [0.5, 0.6) is 0 Å². The highest BCUT2D eigenvalue weighted by molar-refractivity contribution is 7.11. The van der Waals surface area contributed by atoms with Crippen LogP contribution in [0.3, 0.4) is 0 Å². The summed E-state index contributed by atoms with van der Waals surface area (Å²) in [5, 5.41) is 15.7. The summed E-state index contributed by atoms with van der Waals surface area (Å²) in [6.45, 7) is 2.68. The fourth-order valence-electron chi connectivity index (χ4n) is 4.89. The van der Waals surface area contributed by atoms with E-state index in [0.717, 1.165) is 18.5 Å². The van der Waals surface area contributed by atoms with Crippen LogP contribution in [0, 0.1) is 18.2 Å². The Hall–Kier alpha value is -2.82. The molecular formula is C24H24ClFN4O4S. The number of carboxylic acids is 1. The first-order valence-electron chi connectivity index (χ1n) is 11.2. The molecule has 0 amide bonds. The monoisotopic (exact) mass is 518 g/mol. The van der Waals surface area contributed by atoms with Gasteiger partial charge < -0.3 is 15.2 Å². The van der Waals surface area contributed by atoms with Crippen LogP contribution < -0.4 is 5.32 Å². The second-order valence-corrected chi connectivity index (χ2v) is 10.6. The van der Waals surface area contributed by atoms with E-state index in [4.69, 9.17) is 21.3 Å². The van der Waals surface area contributed by atoms with Gasteiger partial charge in [-0.3, -0.25) is 14.7 Å². The number of amidine groups is 1. The molecule has 3 heterocycles. The van der Waals surface area contributed by atoms with Gasteiger partial charge in [-0.05, 0) is 43.7 Å². The lowest BCUT2D eigenvalue weighted by atomic mass is 9.95. The SMILES string of the molecule is COC(=O)C1=C(CN2CC3(CC3)C[C@H]2C(=O)O)NC(c2nc(C)cs2)=N[C@H]1c1ccc(F)cc1Cl. The van der Waals surface area contributed by atoms with Gasteiger partial charge in [0.25, 0.3) is 0 Å². The number of rotatable bonds is 6. The number of aliphatic carboxylic acids is 1. The Morgan fingerprint density at radius 2 is 2.17 bits per heavy atom. The molecular weight excluding hydrogens is 495 g/mol. The standard InChI is InChI=1S/C24H24ClFN4O4S/c1-12-10-35-21(27-12)20-28-16(9-30-11-24(5-6-24)8-17(30)22(31)32)18(23(33)34-2)19(29-20)14-4-3-13(26)7-15(14)25/h3-4,7,10,17,19H,5-6,8-9,11H2,1-2H3,(H,28,29)(H,31,32)/t17-,19-/m0/s1. The highest BCUT2D eigenvalue weighted by Crippen LogP contribution is 2.55. The van der Waals surface area contributed by atoms with Gasteiger partial charge in [0.15, 0.2) is 10.8 Å². The molecule has 0 unspecified atom stereocenters. The van der Waals surface area contributed by atoms with Crippen molar-refractivity contribution >= 4 is 40.7 Å². The van der Waals surface area contributed by atoms with E-state index in [1.54, 1.807) is 0 Å². The number of esters is 1. The first-order chi connectivity index (χ1) is 16.7. The lowest BCUT2D eigenvalue weighted by Gasteiger charge is -2.30. The number of hydrogen-bond acceptors (Lipinski definition) is 8. The average molecular weight is 519 g/mol. The Labute approximate surface area is 210 Å². The van der Waals surface area contributed by atoms with Crippen molar-refractivity contribution < 1.29 is 23.8 Å². The molecule has 11 heteroatoms. The number of carbonyl (C=O) groups excluding carboxylic acids is 1. The third-order valence-corrected chi connectivity index (χ3v) is 8.11. The molecule has 2 N–H and O–H groups in total. The average Bonchev–Trinajstić information content (AvgIpc) is 3.25. The maximum atomic E-state index is 13.8. The normalized spacial score (nSPS) is 23.3. The maximum Gasteiger partial charge on any atom is 0.338 e. The number of likely N-dealkylation sites (tertiary alicyclic amines) is 1. The Morgan fingerprint density at radius 3 is 2.77 bits per heavy atom. The van der Waals surface area contributed by atoms with E-state index in [1.807, 2.05) is 17.2 Å². The van der Waals surface area contributed by atoms with Crippen LogP contribution in [0.2, 0.25) is 5.02 Å². The lowest BCUT2D eigenvalue weighted by Crippen LogP contribution is -2.43. The van der Waals surface area contributed by atoms with Crippen LogP contribution in [-0.2, 0) is 14.3 Å². The molecule has 2 aromatic rings. The molecule has 35 heavy (non-hydrogen) atoms. The summed E-state index contributed by atoms with van der Waals surface area (Å²) < 4.78 is 18.9. The predicted molar refractivity (Wildman–Crippen MR) is 129 cm³/mol. The molecule has 2 fully saturated rings. The van der Waals surface area contributed by atoms with Crippen molar-refractivity contribution in [1.82, 2.24) is 15.2 Å². The highest BCUT2D eigenvalue weighted by atomic mass is 35.5. The second kappa shape index (κ2) is 9.00. The zero-order valence-electron chi connectivity index (χ0n) is 19.2. The Kier molecular flexibility index (Phi) is 6.14. The molecule has 1 aliphatic carbocycles. The number of hydrogen-bond donors (Lipinski definition) is 2. The van der Waals surface area contributed by atoms with Crippen molar-refractivity contribution in [2.24, 2.45) is 10.4 Å². The third kappa shape index (κ3) is 4.57. The Balaban J connectivity index is 1.61. The van der Waals surface area contributed by atoms with E-state index in [0.29, 0.717) is 35.1 Å². The number of carboxylic acid groups (broad SMARTS) is 1. The van der Waals surface area contributed by atoms with Gasteiger partial charge in [0.2, 0.25) is 0 Å². The van der Waals surface area contributed by atoms with Crippen LogP contribution in [0.1, 0.15) is 41.6 Å². The molecule has 0 bridgehead atoms. The van der Waals surface area contributed by atoms with Crippen LogP contribution in [0.15, 0.2) is 39.8 Å². The number of aryl methyl sites for hydroxylation is 1. The first-order valence-corrected chi connectivity index (χ1v) is 12.5. The summed E-state index contributed by atoms with van der Waals surface area (Å²) >= 11 is 7.79. The Morgan fingerprint density at radius 1 is 1.40 bits per heavy atom. The van der Waals surface area contributed by atoms with Gasteiger partial charge in [0.1, 0.15) is 17.9 Å². The molecule has 1 aromatic heterocycles. The summed E-state index contributed by atoms with van der Waals surface area (Å²) in [6.07, 6.45) is 2.59. The van der Waals surface area contributed by atoms with Crippen molar-refractivity contribution in [2.75, 3.05) is 20.2 Å². The van der Waals surface area contributed by atoms with E-state index in [-0.39, 0.29) is 22.6 Å². The maximum absolute atomic E-state index is 13.8. The minimum atomic E-state index is -0.883. The number of methoxy groups -OCH3 is 1. The molecule has 2 aliphatic heterocycles. The smallest absolute Gasteiger partial charge is 0.338 e. The fourth-order valence-corrected chi connectivity index (χ4v) is 5.90. The summed E-state index contributed by atoms with van der Waals surface area (Å²) in [7, 11) is 1.27. The van der Waals surface area contributed by atoms with Crippen LogP contribution in [0.25, 0.3) is 0 Å². The van der Waals surface area contributed by atoms with E-state index >= 15 is 0 Å². The molecule has 1 spiro atoms. The van der Waals surface area contributed by atoms with Gasteiger partial charge in [-0.2, -0.15) is 0 Å². The van der Waals surface area contributed by atoms with Gasteiger partial charge in [0.05, 0.1) is 12.7 Å². The van der Waals surface area contributed by atoms with Gasteiger partial charge in [-0.15, -0.1) is 11.3 Å². The fraction of sp³-hybridized carbons (Fsp3) is 0.417. The highest BCUT2D eigenvalue weighted by Gasteiger charge is 2.54. The molecule has 1 aromatic carbocycles. The molecule has 1 saturated carbocycles. The van der Waals surface area contributed by atoms with Gasteiger partial charge in [0, 0.05) is 40.4 Å². The topological polar surface area (TPSA) is 104 Å². The zero-order valence-corrected chi connectivity index (χ0v) is 20.7. The quantitative estimate of drug-likeness (QED) is 0.562. The van der Waals surface area contributed by atoms with Crippen LogP contribution >= 0.6 is 22.9 Å². The number of nitrogens with zero attached hydrogens (tertiary/aromatic N) is 3. The summed E-state index contributed by atoms with van der Waals surface area (Å²) in [4.78, 5) is 36.3. The van der Waals surface area contributed by atoms with Crippen molar-refractivity contribution in [1.29, 1.82) is 0 Å². The predicted octanol–water partition coefficient (Wildman–Crippen LogP) is 3.70. The number of aliphatic imine (C=N–C) groups is 1. The van der Waals surface area contributed by atoms with Crippen molar-refractivity contribution in [3.05, 3.63) is 62.0 Å². The molecule has 184 valence electrons. The minimum Gasteiger partial charge on any atom is -0.480 e. The number of benzene rings is 1. The van der Waals surface area contributed by atoms with Gasteiger partial charge in [-0.25, -0.2) is 14.2 Å². The van der Waals surface area contributed by atoms with Crippen LogP contribution in [-0.4, -0.2) is 59.0 Å². The molecule has 3 aliphatic rings. The van der Waals surface area contributed by atoms with Crippen molar-refractivity contribution in [2.45, 2.75) is 38.3 Å². The molecule has 5 rings (SSSR count). The molecule has 2 atom stereocenters. The van der Waals surface area contributed by atoms with Gasteiger partial charge in [-0.1, -0.05) is 17.7 Å². The van der Waals surface area contributed by atoms with E-state index in [9.17, 15) is 19.1 Å². The summed E-state index contributed by atoms with van der Waals surface area (Å²) in [5.74, 6) is -1.58. The van der Waals surface area contributed by atoms with E-state index in [1.165, 1.54) is 36.6 Å². The number of thiazole rings is 1. The zero-order chi connectivity index (χ0) is 24.9. The largest absolute Gasteiger partial charge is 0.480 e. The molecule has 8 nitrogen and oxygen atoms in total. The lowest BCUT2D eigenvalue weighted by molar-refractivity contribution is -0.142. The summed E-state index contributed by atoms with van der Waals surface area (Å²) in [6, 6.07) is 2.40. The van der Waals surface area contributed by atoms with Crippen LogP contribution in [0.4, 0.5) is 4.39 Å². The second-order valence-electron chi connectivity index (χ2n) is 9.31. The number of halogens is 2. The number of nitrogens with one attached hydrogen (secondary N) is 1.